The molecule has 2 amide bonds. The van der Waals surface area contributed by atoms with Crippen molar-refractivity contribution in [2.24, 2.45) is 5.41 Å². The van der Waals surface area contributed by atoms with E-state index in [2.05, 4.69) is 24.5 Å². The minimum Gasteiger partial charge on any atom is -0.481 e. The Balaban J connectivity index is 2.14. The van der Waals surface area contributed by atoms with Crippen molar-refractivity contribution in [3.05, 3.63) is 0 Å². The lowest BCUT2D eigenvalue weighted by Crippen LogP contribution is -2.63. The van der Waals surface area contributed by atoms with Gasteiger partial charge in [-0.3, -0.25) is 4.79 Å². The Morgan fingerprint density at radius 1 is 1.37 bits per heavy atom. The normalized spacial score (nSPS) is 24.4. The molecule has 3 N–H and O–H groups in total. The molecule has 0 aromatic heterocycles. The summed E-state index contributed by atoms with van der Waals surface area (Å²) in [6.45, 7) is 4.64. The monoisotopic (exact) mass is 272 g/mol. The number of carboxylic acid groups (broad SMARTS) is 1. The van der Waals surface area contributed by atoms with Crippen LogP contribution in [0.2, 0.25) is 0 Å². The molecule has 0 saturated heterocycles. The summed E-state index contributed by atoms with van der Waals surface area (Å²) in [6.07, 6.45) is 2.42. The van der Waals surface area contributed by atoms with Crippen LogP contribution in [-0.4, -0.2) is 42.9 Å². The molecule has 1 aliphatic rings. The van der Waals surface area contributed by atoms with Crippen molar-refractivity contribution in [1.29, 1.82) is 0 Å². The van der Waals surface area contributed by atoms with Crippen molar-refractivity contribution in [2.45, 2.75) is 51.7 Å². The number of rotatable bonds is 7. The first kappa shape index (κ1) is 15.8. The third-order valence-corrected chi connectivity index (χ3v) is 3.87. The van der Waals surface area contributed by atoms with Crippen LogP contribution in [0.15, 0.2) is 0 Å². The van der Waals surface area contributed by atoms with Crippen molar-refractivity contribution >= 4 is 12.0 Å². The molecule has 0 spiro atoms. The molecule has 6 nitrogen and oxygen atoms in total. The fourth-order valence-electron chi connectivity index (χ4n) is 2.34. The highest BCUT2D eigenvalue weighted by Crippen LogP contribution is 2.42. The summed E-state index contributed by atoms with van der Waals surface area (Å²) in [4.78, 5) is 22.0. The minimum absolute atomic E-state index is 0.0462. The van der Waals surface area contributed by atoms with Crippen LogP contribution in [0.25, 0.3) is 0 Å². The highest BCUT2D eigenvalue weighted by Gasteiger charge is 2.49. The highest BCUT2D eigenvalue weighted by molar-refractivity contribution is 5.74. The third kappa shape index (κ3) is 4.38. The summed E-state index contributed by atoms with van der Waals surface area (Å²) in [6, 6.07) is -0.0700. The van der Waals surface area contributed by atoms with Gasteiger partial charge in [0.2, 0.25) is 0 Å². The van der Waals surface area contributed by atoms with Gasteiger partial charge in [0.15, 0.2) is 0 Å². The van der Waals surface area contributed by atoms with Crippen LogP contribution in [0.1, 0.15) is 39.5 Å². The molecule has 2 atom stereocenters. The Morgan fingerprint density at radius 3 is 2.58 bits per heavy atom. The maximum absolute atomic E-state index is 11.6. The average molecular weight is 272 g/mol. The molecule has 1 fully saturated rings. The average Bonchev–Trinajstić information content (AvgIpc) is 2.33. The van der Waals surface area contributed by atoms with E-state index in [0.29, 0.717) is 19.4 Å². The van der Waals surface area contributed by atoms with Gasteiger partial charge in [-0.25, -0.2) is 4.79 Å². The molecule has 0 heterocycles. The van der Waals surface area contributed by atoms with Crippen molar-refractivity contribution in [2.75, 3.05) is 13.7 Å². The number of methoxy groups -OCH3 is 1. The summed E-state index contributed by atoms with van der Waals surface area (Å²) >= 11 is 0. The standard InChI is InChI=1S/C13H24N2O4/c1-13(2)9(8-10(13)19-3)15-12(18)14-7-5-4-6-11(16)17/h9-10H,4-8H2,1-3H3,(H,16,17)(H2,14,15,18). The molecule has 0 bridgehead atoms. The van der Waals surface area contributed by atoms with E-state index in [1.54, 1.807) is 7.11 Å². The molecule has 1 aliphatic carbocycles. The molecule has 19 heavy (non-hydrogen) atoms. The second kappa shape index (κ2) is 6.75. The van der Waals surface area contributed by atoms with E-state index in [0.717, 1.165) is 6.42 Å². The molecule has 1 rings (SSSR count). The third-order valence-electron chi connectivity index (χ3n) is 3.87. The van der Waals surface area contributed by atoms with Gasteiger partial charge in [0.05, 0.1) is 6.10 Å². The van der Waals surface area contributed by atoms with Gasteiger partial charge in [0.1, 0.15) is 0 Å². The van der Waals surface area contributed by atoms with Gasteiger partial charge >= 0.3 is 12.0 Å². The first-order chi connectivity index (χ1) is 8.87. The number of carbonyl (C=O) groups is 2. The van der Waals surface area contributed by atoms with Crippen molar-refractivity contribution in [3.63, 3.8) is 0 Å². The number of carbonyl (C=O) groups excluding carboxylic acids is 1. The van der Waals surface area contributed by atoms with E-state index in [9.17, 15) is 9.59 Å². The molecule has 110 valence electrons. The SMILES string of the molecule is COC1CC(NC(=O)NCCCCC(=O)O)C1(C)C. The van der Waals surface area contributed by atoms with Gasteiger partial charge in [0.25, 0.3) is 0 Å². The zero-order valence-corrected chi connectivity index (χ0v) is 11.9. The first-order valence-corrected chi connectivity index (χ1v) is 6.67. The number of nitrogens with one attached hydrogen (secondary N) is 2. The van der Waals surface area contributed by atoms with Gasteiger partial charge in [-0.15, -0.1) is 0 Å². The van der Waals surface area contributed by atoms with Crippen LogP contribution < -0.4 is 10.6 Å². The fourth-order valence-corrected chi connectivity index (χ4v) is 2.34. The minimum atomic E-state index is -0.800. The lowest BCUT2D eigenvalue weighted by molar-refractivity contribution is -0.137. The van der Waals surface area contributed by atoms with Crippen LogP contribution >= 0.6 is 0 Å². The number of urea groups is 1. The Bertz CT molecular complexity index is 331. The van der Waals surface area contributed by atoms with Gasteiger partial charge in [-0.05, 0) is 19.3 Å². The molecule has 6 heteroatoms. The van der Waals surface area contributed by atoms with Crippen LogP contribution in [0.3, 0.4) is 0 Å². The van der Waals surface area contributed by atoms with Gasteiger partial charge in [-0.1, -0.05) is 13.8 Å². The van der Waals surface area contributed by atoms with Gasteiger partial charge < -0.3 is 20.5 Å². The van der Waals surface area contributed by atoms with E-state index in [4.69, 9.17) is 9.84 Å². The Hall–Kier alpha value is -1.30. The maximum atomic E-state index is 11.6. The molecule has 0 aromatic carbocycles. The zero-order valence-electron chi connectivity index (χ0n) is 11.9. The molecule has 1 saturated carbocycles. The number of unbranched alkanes of at least 4 members (excludes halogenated alkanes) is 1. The quantitative estimate of drug-likeness (QED) is 0.610. The maximum Gasteiger partial charge on any atom is 0.315 e. The van der Waals surface area contributed by atoms with Crippen molar-refractivity contribution in [3.8, 4) is 0 Å². The first-order valence-electron chi connectivity index (χ1n) is 6.67. The van der Waals surface area contributed by atoms with Crippen molar-refractivity contribution in [1.82, 2.24) is 10.6 Å². The number of hydrogen-bond acceptors (Lipinski definition) is 3. The van der Waals surface area contributed by atoms with Crippen LogP contribution in [-0.2, 0) is 9.53 Å². The van der Waals surface area contributed by atoms with E-state index >= 15 is 0 Å². The second-order valence-corrected chi connectivity index (χ2v) is 5.59. The number of hydrogen-bond donors (Lipinski definition) is 3. The summed E-state index contributed by atoms with van der Waals surface area (Å²) in [5, 5.41) is 14.1. The Kier molecular flexibility index (Phi) is 5.60. The van der Waals surface area contributed by atoms with Gasteiger partial charge in [-0.2, -0.15) is 0 Å². The molecule has 2 unspecified atom stereocenters. The van der Waals surface area contributed by atoms with Crippen LogP contribution in [0, 0.1) is 5.41 Å². The van der Waals surface area contributed by atoms with E-state index in [1.165, 1.54) is 0 Å². The van der Waals surface area contributed by atoms with Crippen molar-refractivity contribution < 1.29 is 19.4 Å². The summed E-state index contributed by atoms with van der Waals surface area (Å²) in [5.74, 6) is -0.800. The fraction of sp³-hybridized carbons (Fsp3) is 0.846. The molecule has 0 aromatic rings. The van der Waals surface area contributed by atoms with E-state index in [1.807, 2.05) is 0 Å². The molecular formula is C13H24N2O4. The smallest absolute Gasteiger partial charge is 0.315 e. The van der Waals surface area contributed by atoms with Crippen LogP contribution in [0.4, 0.5) is 4.79 Å². The topological polar surface area (TPSA) is 87.7 Å². The van der Waals surface area contributed by atoms with E-state index < -0.39 is 5.97 Å². The second-order valence-electron chi connectivity index (χ2n) is 5.59. The number of aliphatic carboxylic acids is 1. The predicted molar refractivity (Wildman–Crippen MR) is 71.0 cm³/mol. The Morgan fingerprint density at radius 2 is 2.05 bits per heavy atom. The summed E-state index contributed by atoms with van der Waals surface area (Å²) < 4.78 is 5.32. The summed E-state index contributed by atoms with van der Waals surface area (Å²) in [7, 11) is 1.69. The largest absolute Gasteiger partial charge is 0.481 e. The molecule has 0 radical (unpaired) electrons. The number of amides is 2. The van der Waals surface area contributed by atoms with E-state index in [-0.39, 0.29) is 30.0 Å². The summed E-state index contributed by atoms with van der Waals surface area (Å²) in [5.41, 5.74) is -0.0462. The molecular weight excluding hydrogens is 248 g/mol. The lowest BCUT2D eigenvalue weighted by atomic mass is 9.64. The Labute approximate surface area is 113 Å². The zero-order chi connectivity index (χ0) is 14.5. The highest BCUT2D eigenvalue weighted by atomic mass is 16.5. The molecule has 0 aliphatic heterocycles. The lowest BCUT2D eigenvalue weighted by Gasteiger charge is -2.51. The predicted octanol–water partition coefficient (Wildman–Crippen LogP) is 1.35. The van der Waals surface area contributed by atoms with Gasteiger partial charge in [0, 0.05) is 31.5 Å². The number of carboxylic acids is 1. The number of ether oxygens (including phenoxy) is 1. The van der Waals surface area contributed by atoms with Crippen LogP contribution in [0.5, 0.6) is 0 Å².